The number of benzene rings is 1. The Morgan fingerprint density at radius 1 is 0.800 bits per heavy atom. The van der Waals surface area contributed by atoms with Gasteiger partial charge in [0.2, 0.25) is 0 Å². The minimum atomic E-state index is 1.01. The van der Waals surface area contributed by atoms with E-state index in [4.69, 9.17) is 0 Å². The van der Waals surface area contributed by atoms with E-state index in [1.54, 1.807) is 0 Å². The molecule has 0 saturated heterocycles. The molecule has 2 nitrogen and oxygen atoms in total. The molecule has 1 heterocycles. The van der Waals surface area contributed by atoms with Crippen LogP contribution >= 0.6 is 0 Å². The Labute approximate surface area is 90.4 Å². The van der Waals surface area contributed by atoms with Gasteiger partial charge in [0.05, 0.1) is 22.4 Å². The molecule has 0 bridgehead atoms. The van der Waals surface area contributed by atoms with E-state index in [1.165, 1.54) is 16.7 Å². The minimum absolute atomic E-state index is 1.01. The van der Waals surface area contributed by atoms with Crippen molar-refractivity contribution in [2.75, 3.05) is 0 Å². The van der Waals surface area contributed by atoms with Crippen molar-refractivity contribution in [1.82, 2.24) is 9.97 Å². The molecule has 0 aliphatic heterocycles. The zero-order valence-electron chi connectivity index (χ0n) is 9.97. The van der Waals surface area contributed by atoms with E-state index in [0.717, 1.165) is 22.4 Å². The lowest BCUT2D eigenvalue weighted by Gasteiger charge is -2.09. The normalized spacial score (nSPS) is 11.0. The highest BCUT2D eigenvalue weighted by atomic mass is 14.8. The molecule has 0 N–H and O–H groups in total. The molecule has 78 valence electrons. The van der Waals surface area contributed by atoms with Crippen LogP contribution in [-0.2, 0) is 0 Å². The average molecular weight is 200 g/mol. The van der Waals surface area contributed by atoms with Crippen LogP contribution in [0.5, 0.6) is 0 Å². The molecule has 15 heavy (non-hydrogen) atoms. The van der Waals surface area contributed by atoms with Crippen LogP contribution in [0, 0.1) is 34.6 Å². The van der Waals surface area contributed by atoms with Crippen LogP contribution in [0.3, 0.4) is 0 Å². The number of aryl methyl sites for hydroxylation is 4. The maximum atomic E-state index is 4.61. The first kappa shape index (κ1) is 10.1. The van der Waals surface area contributed by atoms with Gasteiger partial charge in [0.25, 0.3) is 0 Å². The second-order valence-electron chi connectivity index (χ2n) is 4.21. The lowest BCUT2D eigenvalue weighted by atomic mass is 10.0. The highest BCUT2D eigenvalue weighted by Crippen LogP contribution is 2.22. The number of hydrogen-bond donors (Lipinski definition) is 0. The number of aromatic nitrogens is 2. The van der Waals surface area contributed by atoms with E-state index in [9.17, 15) is 0 Å². The summed E-state index contributed by atoms with van der Waals surface area (Å²) in [6.45, 7) is 10.4. The smallest absolute Gasteiger partial charge is 0.0922 e. The van der Waals surface area contributed by atoms with Crippen molar-refractivity contribution in [3.8, 4) is 0 Å². The summed E-state index contributed by atoms with van der Waals surface area (Å²) in [5.74, 6) is 0. The summed E-state index contributed by atoms with van der Waals surface area (Å²) in [4.78, 5) is 9.19. The van der Waals surface area contributed by atoms with Crippen molar-refractivity contribution in [3.05, 3.63) is 34.1 Å². The van der Waals surface area contributed by atoms with E-state index >= 15 is 0 Å². The Morgan fingerprint density at radius 2 is 1.40 bits per heavy atom. The highest BCUT2D eigenvalue weighted by molar-refractivity contribution is 5.80. The summed E-state index contributed by atoms with van der Waals surface area (Å²) in [6.07, 6.45) is 0. The van der Waals surface area contributed by atoms with Gasteiger partial charge in [-0.05, 0) is 57.4 Å². The summed E-state index contributed by atoms with van der Waals surface area (Å²) >= 11 is 0. The molecule has 0 atom stereocenters. The first-order valence-electron chi connectivity index (χ1n) is 5.22. The summed E-state index contributed by atoms with van der Waals surface area (Å²) < 4.78 is 0. The Kier molecular flexibility index (Phi) is 2.22. The molecule has 0 aliphatic carbocycles. The van der Waals surface area contributed by atoms with Gasteiger partial charge in [0.15, 0.2) is 0 Å². The molecule has 0 saturated carbocycles. The van der Waals surface area contributed by atoms with Crippen LogP contribution in [0.4, 0.5) is 0 Å². The van der Waals surface area contributed by atoms with Gasteiger partial charge in [0, 0.05) is 0 Å². The third kappa shape index (κ3) is 1.50. The Balaban J connectivity index is 2.93. The van der Waals surface area contributed by atoms with Crippen molar-refractivity contribution in [2.24, 2.45) is 0 Å². The van der Waals surface area contributed by atoms with Gasteiger partial charge in [-0.1, -0.05) is 0 Å². The maximum absolute atomic E-state index is 4.61. The molecule has 0 radical (unpaired) electrons. The van der Waals surface area contributed by atoms with Gasteiger partial charge in [-0.15, -0.1) is 0 Å². The molecule has 2 rings (SSSR count). The van der Waals surface area contributed by atoms with Gasteiger partial charge in [0.1, 0.15) is 0 Å². The molecule has 0 aliphatic rings. The predicted octanol–water partition coefficient (Wildman–Crippen LogP) is 3.17. The van der Waals surface area contributed by atoms with Crippen LogP contribution in [0.15, 0.2) is 6.07 Å². The zero-order valence-corrected chi connectivity index (χ0v) is 9.97. The highest BCUT2D eigenvalue weighted by Gasteiger charge is 2.07. The fourth-order valence-corrected chi connectivity index (χ4v) is 1.78. The molecular formula is C13H16N2. The first-order chi connectivity index (χ1) is 7.00. The summed E-state index contributed by atoms with van der Waals surface area (Å²) in [5, 5.41) is 0. The lowest BCUT2D eigenvalue weighted by Crippen LogP contribution is -1.98. The van der Waals surface area contributed by atoms with Crippen molar-refractivity contribution in [1.29, 1.82) is 0 Å². The number of nitrogens with zero attached hydrogens (tertiary/aromatic N) is 2. The second-order valence-corrected chi connectivity index (χ2v) is 4.21. The average Bonchev–Trinajstić information content (AvgIpc) is 2.19. The van der Waals surface area contributed by atoms with Crippen LogP contribution in [-0.4, -0.2) is 9.97 Å². The summed E-state index contributed by atoms with van der Waals surface area (Å²) in [6, 6.07) is 2.12. The molecule has 0 fully saturated rings. The standard InChI is InChI=1S/C13H16N2/c1-7-6-12-13(9(3)8(7)2)15-11(5)10(4)14-12/h6H,1-5H3. The number of hydrogen-bond acceptors (Lipinski definition) is 2. The van der Waals surface area contributed by atoms with E-state index in [0.29, 0.717) is 0 Å². The largest absolute Gasteiger partial charge is 0.250 e. The third-order valence-electron chi connectivity index (χ3n) is 3.20. The minimum Gasteiger partial charge on any atom is -0.250 e. The Hall–Kier alpha value is -1.44. The molecule has 0 spiro atoms. The van der Waals surface area contributed by atoms with E-state index in [1.807, 2.05) is 13.8 Å². The fourth-order valence-electron chi connectivity index (χ4n) is 1.78. The van der Waals surface area contributed by atoms with Gasteiger partial charge >= 0.3 is 0 Å². The topological polar surface area (TPSA) is 25.8 Å². The van der Waals surface area contributed by atoms with Crippen LogP contribution in [0.25, 0.3) is 11.0 Å². The Morgan fingerprint density at radius 3 is 2.07 bits per heavy atom. The van der Waals surface area contributed by atoms with Gasteiger partial charge in [-0.25, -0.2) is 9.97 Å². The molecule has 1 aromatic heterocycles. The van der Waals surface area contributed by atoms with Crippen molar-refractivity contribution in [3.63, 3.8) is 0 Å². The molecule has 0 amide bonds. The zero-order chi connectivity index (χ0) is 11.2. The lowest BCUT2D eigenvalue weighted by molar-refractivity contribution is 1.09. The molecule has 0 unspecified atom stereocenters. The monoisotopic (exact) mass is 200 g/mol. The van der Waals surface area contributed by atoms with E-state index < -0.39 is 0 Å². The maximum Gasteiger partial charge on any atom is 0.0922 e. The molecule has 1 aromatic carbocycles. The van der Waals surface area contributed by atoms with Crippen LogP contribution < -0.4 is 0 Å². The van der Waals surface area contributed by atoms with Crippen molar-refractivity contribution >= 4 is 11.0 Å². The fraction of sp³-hybridized carbons (Fsp3) is 0.385. The van der Waals surface area contributed by atoms with E-state index in [2.05, 4.69) is 36.8 Å². The van der Waals surface area contributed by atoms with Crippen LogP contribution in [0.1, 0.15) is 28.1 Å². The first-order valence-corrected chi connectivity index (χ1v) is 5.22. The molecular weight excluding hydrogens is 184 g/mol. The number of rotatable bonds is 0. The Bertz CT molecular complexity index is 537. The predicted molar refractivity (Wildman–Crippen MR) is 63.2 cm³/mol. The SMILES string of the molecule is Cc1cc2nc(C)c(C)nc2c(C)c1C. The second kappa shape index (κ2) is 3.30. The van der Waals surface area contributed by atoms with Gasteiger partial charge in [-0.2, -0.15) is 0 Å². The van der Waals surface area contributed by atoms with Crippen molar-refractivity contribution < 1.29 is 0 Å². The molecule has 2 heteroatoms. The number of fused-ring (bicyclic) bond motifs is 1. The summed E-state index contributed by atoms with van der Waals surface area (Å²) in [7, 11) is 0. The third-order valence-corrected chi connectivity index (χ3v) is 3.20. The van der Waals surface area contributed by atoms with Gasteiger partial charge < -0.3 is 0 Å². The quantitative estimate of drug-likeness (QED) is 0.652. The van der Waals surface area contributed by atoms with E-state index in [-0.39, 0.29) is 0 Å². The van der Waals surface area contributed by atoms with Crippen LogP contribution in [0.2, 0.25) is 0 Å². The summed E-state index contributed by atoms with van der Waals surface area (Å²) in [5.41, 5.74) is 7.96. The van der Waals surface area contributed by atoms with Crippen molar-refractivity contribution in [2.45, 2.75) is 34.6 Å². The van der Waals surface area contributed by atoms with Gasteiger partial charge in [-0.3, -0.25) is 0 Å². The molecule has 2 aromatic rings.